The average molecular weight is 546 g/mol. The van der Waals surface area contributed by atoms with Crippen molar-refractivity contribution in [2.45, 2.75) is 94.7 Å². The third-order valence-electron chi connectivity index (χ3n) is 9.73. The highest BCUT2D eigenvalue weighted by atomic mass is 16.3. The van der Waals surface area contributed by atoms with E-state index in [2.05, 4.69) is 77.8 Å². The highest BCUT2D eigenvalue weighted by Gasteiger charge is 2.55. The van der Waals surface area contributed by atoms with Gasteiger partial charge in [0, 0.05) is 32.1 Å². The van der Waals surface area contributed by atoms with Gasteiger partial charge in [0.1, 0.15) is 11.6 Å². The van der Waals surface area contributed by atoms with E-state index in [1.807, 2.05) is 4.90 Å². The minimum atomic E-state index is -0.815. The lowest BCUT2D eigenvalue weighted by Crippen LogP contribution is -2.75. The quantitative estimate of drug-likeness (QED) is 0.445. The Labute approximate surface area is 240 Å². The number of likely N-dealkylation sites (tertiary alicyclic amines) is 1. The van der Waals surface area contributed by atoms with Gasteiger partial charge < -0.3 is 20.2 Å². The summed E-state index contributed by atoms with van der Waals surface area (Å²) in [4.78, 5) is 32.1. The standard InChI is InChI=1S/C34H47N3O3/c1-2-3-21-37-32(39)30(31(38)28-17-11-6-12-18-28)35-33(40)34(37)19-22-36(23-20-34)25-29(27-15-9-5-10-16-27)24-26-13-7-4-8-14-26/h4-5,7-10,13-16,28-31,38H,2-3,6,11-12,17-25H2,1H3,(H,35,40)/t29-,30+,31+/m0/s1. The Balaban J connectivity index is 1.29. The molecule has 3 aliphatic rings. The van der Waals surface area contributed by atoms with Crippen LogP contribution in [-0.2, 0) is 16.0 Å². The van der Waals surface area contributed by atoms with Crippen LogP contribution in [0.3, 0.4) is 0 Å². The fourth-order valence-electron chi connectivity index (χ4n) is 7.28. The normalized spacial score (nSPS) is 23.6. The molecule has 2 amide bonds. The first-order valence-corrected chi connectivity index (χ1v) is 15.6. The summed E-state index contributed by atoms with van der Waals surface area (Å²) in [6, 6.07) is 20.6. The number of piperazine rings is 1. The van der Waals surface area contributed by atoms with Gasteiger partial charge in [0.05, 0.1) is 6.10 Å². The number of piperidine rings is 1. The Morgan fingerprint density at radius 2 is 1.60 bits per heavy atom. The summed E-state index contributed by atoms with van der Waals surface area (Å²) in [5.74, 6) is 0.301. The van der Waals surface area contributed by atoms with E-state index in [9.17, 15) is 14.7 Å². The molecule has 2 aromatic rings. The number of hydrogen-bond acceptors (Lipinski definition) is 4. The molecule has 0 bridgehead atoms. The molecule has 2 saturated heterocycles. The van der Waals surface area contributed by atoms with Gasteiger partial charge in [0.25, 0.3) is 0 Å². The van der Waals surface area contributed by atoms with Gasteiger partial charge in [0.15, 0.2) is 0 Å². The second kappa shape index (κ2) is 13.3. The minimum Gasteiger partial charge on any atom is -0.390 e. The predicted molar refractivity (Wildman–Crippen MR) is 159 cm³/mol. The molecule has 216 valence electrons. The Bertz CT molecular complexity index is 1090. The lowest BCUT2D eigenvalue weighted by atomic mass is 9.77. The van der Waals surface area contributed by atoms with Crippen LogP contribution in [0.4, 0.5) is 0 Å². The molecule has 5 rings (SSSR count). The van der Waals surface area contributed by atoms with Gasteiger partial charge in [-0.25, -0.2) is 0 Å². The Morgan fingerprint density at radius 1 is 0.950 bits per heavy atom. The number of carbonyl (C=O) groups excluding carboxylic acids is 2. The number of hydrogen-bond donors (Lipinski definition) is 2. The zero-order valence-corrected chi connectivity index (χ0v) is 24.1. The molecule has 1 spiro atoms. The van der Waals surface area contributed by atoms with Gasteiger partial charge in [-0.3, -0.25) is 9.59 Å². The smallest absolute Gasteiger partial charge is 0.248 e. The summed E-state index contributed by atoms with van der Waals surface area (Å²) in [6.45, 7) is 5.17. The monoisotopic (exact) mass is 545 g/mol. The first-order valence-electron chi connectivity index (χ1n) is 15.6. The zero-order chi connectivity index (χ0) is 28.0. The van der Waals surface area contributed by atoms with Crippen LogP contribution in [0.25, 0.3) is 0 Å². The molecule has 40 heavy (non-hydrogen) atoms. The van der Waals surface area contributed by atoms with E-state index in [0.717, 1.165) is 64.6 Å². The summed E-state index contributed by atoms with van der Waals surface area (Å²) in [7, 11) is 0. The molecular formula is C34H47N3O3. The predicted octanol–water partition coefficient (Wildman–Crippen LogP) is 4.92. The molecule has 2 heterocycles. The van der Waals surface area contributed by atoms with Crippen molar-refractivity contribution in [2.24, 2.45) is 5.92 Å². The van der Waals surface area contributed by atoms with Crippen molar-refractivity contribution >= 4 is 11.8 Å². The first-order chi connectivity index (χ1) is 19.5. The van der Waals surface area contributed by atoms with E-state index in [-0.39, 0.29) is 17.7 Å². The number of carbonyl (C=O) groups is 2. The number of rotatable bonds is 10. The SMILES string of the molecule is CCCCN1C(=O)[C@@H]([C@H](O)C2CCCCC2)NC(=O)C12CCN(C[C@H](Cc1ccccc1)c1ccccc1)CC2. The van der Waals surface area contributed by atoms with E-state index in [4.69, 9.17) is 0 Å². The van der Waals surface area contributed by atoms with Crippen LogP contribution in [0.5, 0.6) is 0 Å². The second-order valence-corrected chi connectivity index (χ2v) is 12.3. The fourth-order valence-corrected chi connectivity index (χ4v) is 7.28. The molecule has 1 aliphatic carbocycles. The molecule has 2 aromatic carbocycles. The van der Waals surface area contributed by atoms with Crippen molar-refractivity contribution in [1.29, 1.82) is 0 Å². The van der Waals surface area contributed by atoms with Gasteiger partial charge in [-0.1, -0.05) is 93.3 Å². The molecule has 3 fully saturated rings. The molecule has 3 atom stereocenters. The van der Waals surface area contributed by atoms with Gasteiger partial charge in [-0.15, -0.1) is 0 Å². The van der Waals surface area contributed by atoms with Gasteiger partial charge in [0.2, 0.25) is 11.8 Å². The van der Waals surface area contributed by atoms with Crippen LogP contribution in [0.15, 0.2) is 60.7 Å². The Morgan fingerprint density at radius 3 is 2.25 bits per heavy atom. The van der Waals surface area contributed by atoms with Crippen molar-refractivity contribution in [1.82, 2.24) is 15.1 Å². The number of aliphatic hydroxyl groups excluding tert-OH is 1. The van der Waals surface area contributed by atoms with Crippen molar-refractivity contribution in [2.75, 3.05) is 26.2 Å². The molecule has 2 aliphatic heterocycles. The van der Waals surface area contributed by atoms with Gasteiger partial charge in [-0.2, -0.15) is 0 Å². The average Bonchev–Trinajstić information content (AvgIpc) is 3.00. The third kappa shape index (κ3) is 6.28. The van der Waals surface area contributed by atoms with Crippen LogP contribution in [0.2, 0.25) is 0 Å². The van der Waals surface area contributed by atoms with E-state index in [1.165, 1.54) is 17.5 Å². The zero-order valence-electron chi connectivity index (χ0n) is 24.1. The van der Waals surface area contributed by atoms with Crippen molar-refractivity contribution < 1.29 is 14.7 Å². The van der Waals surface area contributed by atoms with Gasteiger partial charge in [-0.05, 0) is 55.6 Å². The topological polar surface area (TPSA) is 72.9 Å². The number of amides is 2. The largest absolute Gasteiger partial charge is 0.390 e. The summed E-state index contributed by atoms with van der Waals surface area (Å²) >= 11 is 0. The van der Waals surface area contributed by atoms with E-state index in [0.29, 0.717) is 25.3 Å². The summed E-state index contributed by atoms with van der Waals surface area (Å²) in [6.07, 6.45) is 8.48. The number of unbranched alkanes of at least 4 members (excludes halogenated alkanes) is 1. The van der Waals surface area contributed by atoms with E-state index >= 15 is 0 Å². The van der Waals surface area contributed by atoms with E-state index < -0.39 is 17.7 Å². The fraction of sp³-hybridized carbons (Fsp3) is 0.588. The molecule has 0 aromatic heterocycles. The minimum absolute atomic E-state index is 0.0633. The molecule has 6 heteroatoms. The van der Waals surface area contributed by atoms with Crippen LogP contribution in [-0.4, -0.2) is 70.6 Å². The summed E-state index contributed by atoms with van der Waals surface area (Å²) in [5.41, 5.74) is 1.85. The number of nitrogens with zero attached hydrogens (tertiary/aromatic N) is 2. The molecule has 6 nitrogen and oxygen atoms in total. The molecular weight excluding hydrogens is 498 g/mol. The van der Waals surface area contributed by atoms with Crippen molar-refractivity contribution in [3.8, 4) is 0 Å². The maximum Gasteiger partial charge on any atom is 0.248 e. The van der Waals surface area contributed by atoms with Crippen molar-refractivity contribution in [3.63, 3.8) is 0 Å². The summed E-state index contributed by atoms with van der Waals surface area (Å²) in [5, 5.41) is 14.3. The molecule has 1 saturated carbocycles. The summed E-state index contributed by atoms with van der Waals surface area (Å²) < 4.78 is 0. The highest BCUT2D eigenvalue weighted by Crippen LogP contribution is 2.37. The van der Waals surface area contributed by atoms with Crippen LogP contribution >= 0.6 is 0 Å². The number of nitrogens with one attached hydrogen (secondary N) is 1. The van der Waals surface area contributed by atoms with Crippen molar-refractivity contribution in [3.05, 3.63) is 71.8 Å². The maximum atomic E-state index is 13.9. The lowest BCUT2D eigenvalue weighted by molar-refractivity contribution is -0.166. The molecule has 0 radical (unpaired) electrons. The number of aliphatic hydroxyl groups is 1. The van der Waals surface area contributed by atoms with Crippen LogP contribution in [0, 0.1) is 5.92 Å². The van der Waals surface area contributed by atoms with Gasteiger partial charge >= 0.3 is 0 Å². The maximum absolute atomic E-state index is 13.9. The Kier molecular flexibility index (Phi) is 9.59. The Hall–Kier alpha value is -2.70. The van der Waals surface area contributed by atoms with Crippen LogP contribution < -0.4 is 5.32 Å². The lowest BCUT2D eigenvalue weighted by Gasteiger charge is -2.53. The third-order valence-corrected chi connectivity index (χ3v) is 9.73. The molecule has 2 N–H and O–H groups in total. The van der Waals surface area contributed by atoms with Crippen LogP contribution in [0.1, 0.15) is 81.8 Å². The first kappa shape index (κ1) is 28.8. The molecule has 0 unspecified atom stereocenters. The highest BCUT2D eigenvalue weighted by molar-refractivity contribution is 6.00. The number of benzene rings is 2. The second-order valence-electron chi connectivity index (χ2n) is 12.3. The van der Waals surface area contributed by atoms with E-state index in [1.54, 1.807) is 0 Å².